The van der Waals surface area contributed by atoms with E-state index in [1.165, 1.54) is 11.4 Å². The highest BCUT2D eigenvalue weighted by atomic mass is 32.2. The van der Waals surface area contributed by atoms with Crippen LogP contribution in [0.25, 0.3) is 10.9 Å². The van der Waals surface area contributed by atoms with Gasteiger partial charge in [0.2, 0.25) is 10.0 Å². The third kappa shape index (κ3) is 4.36. The second kappa shape index (κ2) is 9.28. The molecule has 182 valence electrons. The Morgan fingerprint density at radius 2 is 1.79 bits per heavy atom. The maximum absolute atomic E-state index is 13.1. The van der Waals surface area contributed by atoms with Gasteiger partial charge in [0.1, 0.15) is 5.76 Å². The molecule has 1 fully saturated rings. The lowest BCUT2D eigenvalue weighted by Crippen LogP contribution is -2.50. The normalized spacial score (nSPS) is 15.8. The van der Waals surface area contributed by atoms with Crippen LogP contribution in [-0.2, 0) is 21.4 Å². The monoisotopic (exact) mass is 489 g/mol. The number of esters is 1. The predicted octanol–water partition coefficient (Wildman–Crippen LogP) is 1.57. The molecule has 4 rings (SSSR count). The summed E-state index contributed by atoms with van der Waals surface area (Å²) >= 11 is 0. The van der Waals surface area contributed by atoms with Crippen molar-refractivity contribution >= 4 is 26.9 Å². The molecule has 12 heteroatoms. The molecule has 0 bridgehead atoms. The summed E-state index contributed by atoms with van der Waals surface area (Å²) in [5, 5.41) is 8.20. The van der Waals surface area contributed by atoms with Crippen LogP contribution < -0.4 is 5.56 Å². The van der Waals surface area contributed by atoms with Gasteiger partial charge in [0.25, 0.3) is 5.56 Å². The van der Waals surface area contributed by atoms with Crippen LogP contribution in [0.2, 0.25) is 0 Å². The number of carbonyl (C=O) groups excluding carboxylic acids is 1. The summed E-state index contributed by atoms with van der Waals surface area (Å²) in [6.45, 7) is 7.07. The van der Waals surface area contributed by atoms with Crippen molar-refractivity contribution in [2.75, 3.05) is 33.3 Å². The quantitative estimate of drug-likeness (QED) is 0.474. The number of ether oxygens (including phenoxy) is 1. The molecule has 2 aromatic heterocycles. The fraction of sp³-hybridized carbons (Fsp3) is 0.455. The zero-order valence-corrected chi connectivity index (χ0v) is 20.3. The fourth-order valence-corrected chi connectivity index (χ4v) is 5.37. The number of nitrogens with zero attached hydrogens (tertiary/aromatic N) is 5. The first-order chi connectivity index (χ1) is 16.1. The van der Waals surface area contributed by atoms with Crippen molar-refractivity contribution in [3.8, 4) is 0 Å². The largest absolute Gasteiger partial charge is 0.464 e. The van der Waals surface area contributed by atoms with Crippen molar-refractivity contribution in [1.82, 2.24) is 24.1 Å². The van der Waals surface area contributed by atoms with E-state index in [1.54, 1.807) is 19.1 Å². The summed E-state index contributed by atoms with van der Waals surface area (Å²) in [5.41, 5.74) is 0.521. The number of methoxy groups -OCH3 is 1. The molecule has 11 nitrogen and oxygen atoms in total. The number of piperazine rings is 1. The number of fused-ring (bicyclic) bond motifs is 1. The minimum Gasteiger partial charge on any atom is -0.464 e. The highest BCUT2D eigenvalue weighted by molar-refractivity contribution is 7.89. The lowest BCUT2D eigenvalue weighted by Gasteiger charge is -2.33. The van der Waals surface area contributed by atoms with E-state index in [9.17, 15) is 18.0 Å². The maximum Gasteiger partial charge on any atom is 0.359 e. The number of sulfonamides is 1. The Hall–Kier alpha value is -3.09. The zero-order valence-electron chi connectivity index (χ0n) is 19.5. The van der Waals surface area contributed by atoms with Gasteiger partial charge in [-0.1, -0.05) is 31.1 Å². The van der Waals surface area contributed by atoms with Crippen molar-refractivity contribution in [2.45, 2.75) is 38.3 Å². The number of carbonyl (C=O) groups is 1. The number of aromatic nitrogens is 3. The summed E-state index contributed by atoms with van der Waals surface area (Å²) in [6, 6.07) is 6.97. The molecule has 1 saturated heterocycles. The number of benzene rings is 1. The van der Waals surface area contributed by atoms with E-state index in [4.69, 9.17) is 9.26 Å². The molecular formula is C22H27N5O6S. The molecular weight excluding hydrogens is 462 g/mol. The smallest absolute Gasteiger partial charge is 0.359 e. The number of aryl methyl sites for hydroxylation is 1. The summed E-state index contributed by atoms with van der Waals surface area (Å²) in [6.07, 6.45) is 0. The van der Waals surface area contributed by atoms with E-state index < -0.39 is 21.6 Å². The molecule has 0 spiro atoms. The van der Waals surface area contributed by atoms with Gasteiger partial charge in [0.15, 0.2) is 11.2 Å². The van der Waals surface area contributed by atoms with Crippen LogP contribution in [0.1, 0.15) is 41.6 Å². The van der Waals surface area contributed by atoms with Crippen LogP contribution in [-0.4, -0.2) is 71.8 Å². The van der Waals surface area contributed by atoms with Crippen LogP contribution >= 0.6 is 0 Å². The van der Waals surface area contributed by atoms with Crippen LogP contribution in [0.3, 0.4) is 0 Å². The van der Waals surface area contributed by atoms with E-state index in [-0.39, 0.29) is 41.3 Å². The Morgan fingerprint density at radius 3 is 2.38 bits per heavy atom. The first-order valence-electron chi connectivity index (χ1n) is 10.9. The number of hydrogen-bond donors (Lipinski definition) is 0. The molecule has 0 saturated carbocycles. The average Bonchev–Trinajstić information content (AvgIpc) is 3.22. The predicted molar refractivity (Wildman–Crippen MR) is 123 cm³/mol. The molecule has 1 aliphatic heterocycles. The standard InChI is InChI=1S/C22H27N5O6S/c1-14(2)16-5-7-17(8-6-16)34(30,31)26-11-9-25(10-12-26)13-27-21(28)19-18(15(3)33-24-19)20(23-27)22(29)32-4/h5-8,14H,9-13H2,1-4H3. The molecule has 1 aliphatic rings. The van der Waals surface area contributed by atoms with E-state index in [2.05, 4.69) is 24.1 Å². The van der Waals surface area contributed by atoms with Gasteiger partial charge in [0.05, 0.1) is 24.1 Å². The molecule has 3 aromatic rings. The van der Waals surface area contributed by atoms with Gasteiger partial charge in [0, 0.05) is 26.2 Å². The molecule has 0 atom stereocenters. The van der Waals surface area contributed by atoms with Gasteiger partial charge in [-0.05, 0) is 30.5 Å². The maximum atomic E-state index is 13.1. The third-order valence-electron chi connectivity index (χ3n) is 5.99. The first-order valence-corrected chi connectivity index (χ1v) is 12.4. The van der Waals surface area contributed by atoms with Gasteiger partial charge >= 0.3 is 5.97 Å². The fourth-order valence-electron chi connectivity index (χ4n) is 3.95. The van der Waals surface area contributed by atoms with Gasteiger partial charge in [-0.25, -0.2) is 17.9 Å². The van der Waals surface area contributed by atoms with Crippen LogP contribution in [0.4, 0.5) is 0 Å². The Kier molecular flexibility index (Phi) is 6.56. The summed E-state index contributed by atoms with van der Waals surface area (Å²) < 4.78 is 38.6. The minimum absolute atomic E-state index is 0.000965. The molecule has 1 aromatic carbocycles. The van der Waals surface area contributed by atoms with Crippen molar-refractivity contribution < 1.29 is 22.5 Å². The first kappa shape index (κ1) is 24.0. The van der Waals surface area contributed by atoms with Gasteiger partial charge < -0.3 is 9.26 Å². The second-order valence-corrected chi connectivity index (χ2v) is 10.4. The molecule has 0 N–H and O–H groups in total. The van der Waals surface area contributed by atoms with E-state index in [0.717, 1.165) is 10.2 Å². The molecule has 0 unspecified atom stereocenters. The molecule has 0 radical (unpaired) electrons. The van der Waals surface area contributed by atoms with Crippen LogP contribution in [0, 0.1) is 6.92 Å². The summed E-state index contributed by atoms with van der Waals surface area (Å²) in [7, 11) is -2.39. The van der Waals surface area contributed by atoms with Crippen molar-refractivity contribution in [3.05, 3.63) is 51.6 Å². The summed E-state index contributed by atoms with van der Waals surface area (Å²) in [5.74, 6) is -0.0887. The summed E-state index contributed by atoms with van der Waals surface area (Å²) in [4.78, 5) is 27.2. The van der Waals surface area contributed by atoms with Crippen molar-refractivity contribution in [1.29, 1.82) is 0 Å². The van der Waals surface area contributed by atoms with Crippen molar-refractivity contribution in [3.63, 3.8) is 0 Å². The third-order valence-corrected chi connectivity index (χ3v) is 7.90. The second-order valence-electron chi connectivity index (χ2n) is 8.49. The molecule has 34 heavy (non-hydrogen) atoms. The topological polar surface area (TPSA) is 128 Å². The highest BCUT2D eigenvalue weighted by Crippen LogP contribution is 2.22. The van der Waals surface area contributed by atoms with Crippen molar-refractivity contribution in [2.24, 2.45) is 0 Å². The number of rotatable bonds is 6. The lowest BCUT2D eigenvalue weighted by atomic mass is 10.0. The van der Waals surface area contributed by atoms with E-state index >= 15 is 0 Å². The average molecular weight is 490 g/mol. The van der Waals surface area contributed by atoms with Gasteiger partial charge in [-0.15, -0.1) is 0 Å². The van der Waals surface area contributed by atoms with E-state index in [1.807, 2.05) is 17.0 Å². The van der Waals surface area contributed by atoms with Gasteiger partial charge in [-0.2, -0.15) is 9.40 Å². The van der Waals surface area contributed by atoms with Gasteiger partial charge in [-0.3, -0.25) is 9.69 Å². The Balaban J connectivity index is 1.51. The zero-order chi connectivity index (χ0) is 24.6. The van der Waals surface area contributed by atoms with E-state index in [0.29, 0.717) is 24.8 Å². The SMILES string of the molecule is COC(=O)c1nn(CN2CCN(S(=O)(=O)c3ccc(C(C)C)cc3)CC2)c(=O)c2noc(C)c12. The number of hydrogen-bond acceptors (Lipinski definition) is 9. The van der Waals surface area contributed by atoms with Crippen LogP contribution in [0.15, 0.2) is 38.5 Å². The molecule has 0 aliphatic carbocycles. The highest BCUT2D eigenvalue weighted by Gasteiger charge is 2.30. The Morgan fingerprint density at radius 1 is 1.15 bits per heavy atom. The Bertz CT molecular complexity index is 1370. The molecule has 3 heterocycles. The lowest BCUT2D eigenvalue weighted by molar-refractivity contribution is 0.0590. The molecule has 0 amide bonds. The Labute approximate surface area is 196 Å². The van der Waals surface area contributed by atoms with Crippen LogP contribution in [0.5, 0.6) is 0 Å². The minimum atomic E-state index is -3.62.